The lowest BCUT2D eigenvalue weighted by Gasteiger charge is -2.22. The summed E-state index contributed by atoms with van der Waals surface area (Å²) in [6.07, 6.45) is 2.25. The van der Waals surface area contributed by atoms with Crippen LogP contribution in [0.2, 0.25) is 5.02 Å². The van der Waals surface area contributed by atoms with Crippen molar-refractivity contribution >= 4 is 23.2 Å². The SMILES string of the molecule is O=C(Nc1ccc(Cl)cc1)C1Cc2nc[nH]c2CN1. The van der Waals surface area contributed by atoms with E-state index in [1.807, 2.05) is 0 Å². The Morgan fingerprint density at radius 3 is 2.95 bits per heavy atom. The van der Waals surface area contributed by atoms with E-state index in [0.29, 0.717) is 18.0 Å². The number of carbonyl (C=O) groups excluding carboxylic acids is 1. The summed E-state index contributed by atoms with van der Waals surface area (Å²) in [6, 6.07) is 6.80. The Bertz CT molecular complexity index is 593. The zero-order valence-corrected chi connectivity index (χ0v) is 10.9. The first kappa shape index (κ1) is 12.2. The standard InChI is InChI=1S/C13H13ClN4O/c14-8-1-3-9(4-2-8)18-13(19)11-5-10-12(6-15-11)17-7-16-10/h1-4,7,11,15H,5-6H2,(H,16,17)(H,18,19). The molecule has 1 amide bonds. The fourth-order valence-corrected chi connectivity index (χ4v) is 2.24. The molecule has 98 valence electrons. The molecular formula is C13H13ClN4O. The molecule has 1 aliphatic rings. The summed E-state index contributed by atoms with van der Waals surface area (Å²) in [7, 11) is 0. The third-order valence-corrected chi connectivity index (χ3v) is 3.41. The van der Waals surface area contributed by atoms with Gasteiger partial charge >= 0.3 is 0 Å². The minimum Gasteiger partial charge on any atom is -0.347 e. The van der Waals surface area contributed by atoms with Gasteiger partial charge in [-0.2, -0.15) is 0 Å². The molecule has 0 bridgehead atoms. The highest BCUT2D eigenvalue weighted by atomic mass is 35.5. The monoisotopic (exact) mass is 276 g/mol. The molecule has 3 N–H and O–H groups in total. The number of benzene rings is 1. The number of H-pyrrole nitrogens is 1. The molecule has 1 aliphatic heterocycles. The number of carbonyl (C=O) groups is 1. The van der Waals surface area contributed by atoms with Gasteiger partial charge in [-0.05, 0) is 24.3 Å². The number of hydrogen-bond acceptors (Lipinski definition) is 3. The first-order valence-electron chi connectivity index (χ1n) is 6.03. The minimum absolute atomic E-state index is 0.0593. The number of fused-ring (bicyclic) bond motifs is 1. The highest BCUT2D eigenvalue weighted by Gasteiger charge is 2.25. The van der Waals surface area contributed by atoms with Gasteiger partial charge in [-0.15, -0.1) is 0 Å². The van der Waals surface area contributed by atoms with Gasteiger partial charge in [0.25, 0.3) is 0 Å². The number of hydrogen-bond donors (Lipinski definition) is 3. The first-order valence-corrected chi connectivity index (χ1v) is 6.41. The average molecular weight is 277 g/mol. The van der Waals surface area contributed by atoms with E-state index in [1.54, 1.807) is 30.6 Å². The Kier molecular flexibility index (Phi) is 3.23. The van der Waals surface area contributed by atoms with E-state index in [0.717, 1.165) is 17.1 Å². The van der Waals surface area contributed by atoms with Crippen molar-refractivity contribution < 1.29 is 4.79 Å². The lowest BCUT2D eigenvalue weighted by molar-refractivity contribution is -0.118. The first-order chi connectivity index (χ1) is 9.22. The van der Waals surface area contributed by atoms with Crippen molar-refractivity contribution in [1.29, 1.82) is 0 Å². The molecule has 0 radical (unpaired) electrons. The second-order valence-corrected chi connectivity index (χ2v) is 4.90. The molecule has 1 atom stereocenters. The maximum absolute atomic E-state index is 12.1. The van der Waals surface area contributed by atoms with Crippen LogP contribution in [0.3, 0.4) is 0 Å². The van der Waals surface area contributed by atoms with E-state index in [1.165, 1.54) is 0 Å². The number of rotatable bonds is 2. The lowest BCUT2D eigenvalue weighted by Crippen LogP contribution is -2.44. The van der Waals surface area contributed by atoms with E-state index in [4.69, 9.17) is 11.6 Å². The number of anilines is 1. The topological polar surface area (TPSA) is 69.8 Å². The average Bonchev–Trinajstić information content (AvgIpc) is 2.88. The van der Waals surface area contributed by atoms with Crippen LogP contribution in [0.4, 0.5) is 5.69 Å². The molecule has 1 aromatic heterocycles. The van der Waals surface area contributed by atoms with Gasteiger partial charge in [0, 0.05) is 23.7 Å². The van der Waals surface area contributed by atoms with Crippen LogP contribution in [0.25, 0.3) is 0 Å². The van der Waals surface area contributed by atoms with Gasteiger partial charge in [-0.25, -0.2) is 4.98 Å². The summed E-state index contributed by atoms with van der Waals surface area (Å²) in [4.78, 5) is 19.4. The summed E-state index contributed by atoms with van der Waals surface area (Å²) in [6.45, 7) is 0.633. The van der Waals surface area contributed by atoms with Gasteiger partial charge in [-0.3, -0.25) is 10.1 Å². The smallest absolute Gasteiger partial charge is 0.241 e. The molecule has 2 aromatic rings. The Morgan fingerprint density at radius 2 is 2.16 bits per heavy atom. The van der Waals surface area contributed by atoms with Crippen LogP contribution in [-0.2, 0) is 17.8 Å². The van der Waals surface area contributed by atoms with E-state index < -0.39 is 0 Å². The van der Waals surface area contributed by atoms with Crippen molar-refractivity contribution in [2.24, 2.45) is 0 Å². The van der Waals surface area contributed by atoms with Gasteiger partial charge in [0.2, 0.25) is 5.91 Å². The second-order valence-electron chi connectivity index (χ2n) is 4.46. The highest BCUT2D eigenvalue weighted by Crippen LogP contribution is 2.16. The second kappa shape index (κ2) is 5.03. The summed E-state index contributed by atoms with van der Waals surface area (Å²) >= 11 is 5.80. The third-order valence-electron chi connectivity index (χ3n) is 3.16. The Labute approximate surface area is 115 Å². The predicted molar refractivity (Wildman–Crippen MR) is 73.0 cm³/mol. The summed E-state index contributed by atoms with van der Waals surface area (Å²) in [5.41, 5.74) is 2.74. The Balaban J connectivity index is 1.67. The molecule has 2 heterocycles. The van der Waals surface area contributed by atoms with Gasteiger partial charge in [0.15, 0.2) is 0 Å². The number of nitrogens with zero attached hydrogens (tertiary/aromatic N) is 1. The lowest BCUT2D eigenvalue weighted by atomic mass is 10.0. The van der Waals surface area contributed by atoms with Crippen molar-refractivity contribution in [1.82, 2.24) is 15.3 Å². The van der Waals surface area contributed by atoms with Crippen molar-refractivity contribution in [3.63, 3.8) is 0 Å². The number of aromatic nitrogens is 2. The van der Waals surface area contributed by atoms with E-state index in [9.17, 15) is 4.79 Å². The number of aromatic amines is 1. The van der Waals surface area contributed by atoms with Gasteiger partial charge in [-0.1, -0.05) is 11.6 Å². The third kappa shape index (κ3) is 2.62. The highest BCUT2D eigenvalue weighted by molar-refractivity contribution is 6.30. The fraction of sp³-hybridized carbons (Fsp3) is 0.231. The van der Waals surface area contributed by atoms with E-state index in [-0.39, 0.29) is 11.9 Å². The van der Waals surface area contributed by atoms with Crippen LogP contribution in [0.5, 0.6) is 0 Å². The zero-order valence-electron chi connectivity index (χ0n) is 10.1. The molecule has 0 spiro atoms. The largest absolute Gasteiger partial charge is 0.347 e. The van der Waals surface area contributed by atoms with Gasteiger partial charge in [0.05, 0.1) is 23.8 Å². The quantitative estimate of drug-likeness (QED) is 0.782. The van der Waals surface area contributed by atoms with Crippen LogP contribution < -0.4 is 10.6 Å². The molecule has 0 saturated heterocycles. The molecular weight excluding hydrogens is 264 g/mol. The van der Waals surface area contributed by atoms with Crippen molar-refractivity contribution in [3.8, 4) is 0 Å². The molecule has 19 heavy (non-hydrogen) atoms. The van der Waals surface area contributed by atoms with E-state index in [2.05, 4.69) is 20.6 Å². The molecule has 0 saturated carbocycles. The molecule has 5 nitrogen and oxygen atoms in total. The van der Waals surface area contributed by atoms with Crippen LogP contribution in [0, 0.1) is 0 Å². The van der Waals surface area contributed by atoms with Gasteiger partial charge < -0.3 is 10.3 Å². The molecule has 1 unspecified atom stereocenters. The van der Waals surface area contributed by atoms with Crippen molar-refractivity contribution in [2.75, 3.05) is 5.32 Å². The van der Waals surface area contributed by atoms with Crippen molar-refractivity contribution in [2.45, 2.75) is 19.0 Å². The van der Waals surface area contributed by atoms with Gasteiger partial charge in [0.1, 0.15) is 0 Å². The Morgan fingerprint density at radius 1 is 1.37 bits per heavy atom. The summed E-state index contributed by atoms with van der Waals surface area (Å²) < 4.78 is 0. The van der Waals surface area contributed by atoms with Crippen LogP contribution in [-0.4, -0.2) is 21.9 Å². The molecule has 3 rings (SSSR count). The Hall–Kier alpha value is -1.85. The molecule has 6 heteroatoms. The number of nitrogens with one attached hydrogen (secondary N) is 3. The maximum atomic E-state index is 12.1. The van der Waals surface area contributed by atoms with Crippen LogP contribution in [0.15, 0.2) is 30.6 Å². The molecule has 0 fully saturated rings. The van der Waals surface area contributed by atoms with Crippen LogP contribution >= 0.6 is 11.6 Å². The molecule has 1 aromatic carbocycles. The number of amides is 1. The van der Waals surface area contributed by atoms with Crippen molar-refractivity contribution in [3.05, 3.63) is 47.0 Å². The fourth-order valence-electron chi connectivity index (χ4n) is 2.12. The normalized spacial score (nSPS) is 17.8. The summed E-state index contributed by atoms with van der Waals surface area (Å²) in [5.74, 6) is -0.0593. The maximum Gasteiger partial charge on any atom is 0.241 e. The van der Waals surface area contributed by atoms with Crippen LogP contribution in [0.1, 0.15) is 11.4 Å². The predicted octanol–water partition coefficient (Wildman–Crippen LogP) is 1.72. The molecule has 0 aliphatic carbocycles. The number of imidazole rings is 1. The summed E-state index contributed by atoms with van der Waals surface area (Å²) in [5, 5.41) is 6.70. The number of halogens is 1. The van der Waals surface area contributed by atoms with E-state index >= 15 is 0 Å². The minimum atomic E-state index is -0.258. The zero-order chi connectivity index (χ0) is 13.2.